The Labute approximate surface area is 145 Å². The van der Waals surface area contributed by atoms with Crippen LogP contribution in [-0.4, -0.2) is 49.3 Å². The zero-order valence-electron chi connectivity index (χ0n) is 13.9. The normalized spacial score (nSPS) is 18.5. The summed E-state index contributed by atoms with van der Waals surface area (Å²) in [5.41, 5.74) is 0.174. The summed E-state index contributed by atoms with van der Waals surface area (Å²) in [6, 6.07) is -0.146. The summed E-state index contributed by atoms with van der Waals surface area (Å²) in [6.07, 6.45) is -3.56. The lowest BCUT2D eigenvalue weighted by Crippen LogP contribution is -2.45. The molecule has 0 aromatic carbocycles. The van der Waals surface area contributed by atoms with Crippen molar-refractivity contribution in [1.82, 2.24) is 19.6 Å². The molecule has 1 aliphatic rings. The third-order valence-corrected chi connectivity index (χ3v) is 4.29. The number of halogens is 3. The second-order valence-electron chi connectivity index (χ2n) is 6.07. The van der Waals surface area contributed by atoms with Crippen molar-refractivity contribution in [2.75, 3.05) is 11.4 Å². The van der Waals surface area contributed by atoms with Crippen LogP contribution >= 0.6 is 0 Å². The maximum atomic E-state index is 13.2. The average molecular weight is 371 g/mol. The maximum absolute atomic E-state index is 13.2. The molecule has 26 heavy (non-hydrogen) atoms. The molecule has 2 aromatic heterocycles. The number of carbonyl (C=O) groups is 2. The Morgan fingerprint density at radius 1 is 1.38 bits per heavy atom. The van der Waals surface area contributed by atoms with E-state index in [-0.39, 0.29) is 24.5 Å². The highest BCUT2D eigenvalue weighted by Crippen LogP contribution is 2.40. The van der Waals surface area contributed by atoms with Crippen LogP contribution in [0.4, 0.5) is 19.0 Å². The van der Waals surface area contributed by atoms with Gasteiger partial charge in [-0.15, -0.1) is 0 Å². The van der Waals surface area contributed by atoms with E-state index in [1.807, 2.05) is 0 Å². The molecule has 0 bridgehead atoms. The van der Waals surface area contributed by atoms with Gasteiger partial charge in [0.1, 0.15) is 17.6 Å². The highest BCUT2D eigenvalue weighted by atomic mass is 19.4. The molecule has 2 aromatic rings. The minimum Gasteiger partial charge on any atom is -0.477 e. The van der Waals surface area contributed by atoms with Crippen molar-refractivity contribution in [1.29, 1.82) is 0 Å². The van der Waals surface area contributed by atoms with E-state index in [1.165, 1.54) is 30.2 Å². The molecule has 11 heteroatoms. The lowest BCUT2D eigenvalue weighted by atomic mass is 10.1. The van der Waals surface area contributed by atoms with Crippen LogP contribution in [-0.2, 0) is 4.79 Å². The number of anilines is 1. The van der Waals surface area contributed by atoms with Gasteiger partial charge in [0, 0.05) is 18.8 Å². The monoisotopic (exact) mass is 371 g/mol. The topological polar surface area (TPSA) is 93.3 Å². The van der Waals surface area contributed by atoms with Gasteiger partial charge in [-0.1, -0.05) is 0 Å². The molecule has 2 unspecified atom stereocenters. The van der Waals surface area contributed by atoms with Gasteiger partial charge in [-0.05, 0) is 26.3 Å². The molecule has 1 N–H and O–H groups in total. The third-order valence-electron chi connectivity index (χ3n) is 4.29. The number of amides is 1. The number of rotatable bonds is 3. The van der Waals surface area contributed by atoms with E-state index in [1.54, 1.807) is 6.92 Å². The van der Waals surface area contributed by atoms with E-state index in [2.05, 4.69) is 10.2 Å². The Morgan fingerprint density at radius 2 is 2.08 bits per heavy atom. The van der Waals surface area contributed by atoms with Gasteiger partial charge in [0.05, 0.1) is 5.69 Å². The largest absolute Gasteiger partial charge is 0.477 e. The standard InChI is InChI=1S/C15H16F3N5O3/c1-8-7-12-21(6-4-11(15(16,17)18)23(12)20-8)13(24)9(2)22-10(14(25)26)3-5-19-22/h3,5,7,9,11H,4,6H2,1-2H3,(H,25,26). The molecule has 3 heterocycles. The van der Waals surface area contributed by atoms with Crippen molar-refractivity contribution < 1.29 is 27.9 Å². The second-order valence-corrected chi connectivity index (χ2v) is 6.07. The number of hydrogen-bond acceptors (Lipinski definition) is 4. The predicted molar refractivity (Wildman–Crippen MR) is 82.9 cm³/mol. The first-order valence-corrected chi connectivity index (χ1v) is 7.82. The Balaban J connectivity index is 1.95. The summed E-state index contributed by atoms with van der Waals surface area (Å²) in [6.45, 7) is 2.84. The lowest BCUT2D eigenvalue weighted by Gasteiger charge is -2.35. The van der Waals surface area contributed by atoms with Crippen LogP contribution in [0.3, 0.4) is 0 Å². The smallest absolute Gasteiger partial charge is 0.410 e. The lowest BCUT2D eigenvalue weighted by molar-refractivity contribution is -0.173. The quantitative estimate of drug-likeness (QED) is 0.893. The van der Waals surface area contributed by atoms with E-state index < -0.39 is 30.1 Å². The second kappa shape index (κ2) is 6.15. The third kappa shape index (κ3) is 2.93. The van der Waals surface area contributed by atoms with Gasteiger partial charge in [0.2, 0.25) is 0 Å². The summed E-state index contributed by atoms with van der Waals surface area (Å²) in [5, 5.41) is 16.9. The Hall–Kier alpha value is -2.85. The number of aryl methyl sites for hydroxylation is 1. The molecule has 0 spiro atoms. The first kappa shape index (κ1) is 18.0. The number of fused-ring (bicyclic) bond motifs is 1. The van der Waals surface area contributed by atoms with Gasteiger partial charge < -0.3 is 5.11 Å². The van der Waals surface area contributed by atoms with Crippen LogP contribution in [0.1, 0.15) is 41.6 Å². The van der Waals surface area contributed by atoms with Crippen LogP contribution in [0.25, 0.3) is 0 Å². The number of aromatic nitrogens is 4. The average Bonchev–Trinajstić information content (AvgIpc) is 3.17. The van der Waals surface area contributed by atoms with Gasteiger partial charge in [-0.3, -0.25) is 9.69 Å². The van der Waals surface area contributed by atoms with E-state index >= 15 is 0 Å². The number of carboxylic acid groups (broad SMARTS) is 1. The van der Waals surface area contributed by atoms with Crippen molar-refractivity contribution in [3.63, 3.8) is 0 Å². The van der Waals surface area contributed by atoms with Crippen LogP contribution < -0.4 is 4.90 Å². The van der Waals surface area contributed by atoms with E-state index in [0.717, 1.165) is 9.36 Å². The predicted octanol–water partition coefficient (Wildman–Crippen LogP) is 2.19. The van der Waals surface area contributed by atoms with Gasteiger partial charge in [0.15, 0.2) is 6.04 Å². The fraction of sp³-hybridized carbons (Fsp3) is 0.467. The number of carboxylic acids is 1. The summed E-state index contributed by atoms with van der Waals surface area (Å²) >= 11 is 0. The van der Waals surface area contributed by atoms with Crippen LogP contribution in [0.2, 0.25) is 0 Å². The molecule has 0 aliphatic carbocycles. The van der Waals surface area contributed by atoms with Gasteiger partial charge in [-0.2, -0.15) is 23.4 Å². The molecule has 0 saturated carbocycles. The molecular formula is C15H16F3N5O3. The van der Waals surface area contributed by atoms with E-state index in [9.17, 15) is 22.8 Å². The van der Waals surface area contributed by atoms with E-state index in [4.69, 9.17) is 5.11 Å². The van der Waals surface area contributed by atoms with Crippen LogP contribution in [0.15, 0.2) is 18.3 Å². The van der Waals surface area contributed by atoms with Crippen molar-refractivity contribution in [2.24, 2.45) is 0 Å². The summed E-state index contributed by atoms with van der Waals surface area (Å²) < 4.78 is 41.6. The molecule has 2 atom stereocenters. The number of hydrogen-bond donors (Lipinski definition) is 1. The van der Waals surface area contributed by atoms with E-state index in [0.29, 0.717) is 5.69 Å². The first-order chi connectivity index (χ1) is 12.1. The Kier molecular flexibility index (Phi) is 4.24. The van der Waals surface area contributed by atoms with Crippen molar-refractivity contribution in [2.45, 2.75) is 38.5 Å². The number of alkyl halides is 3. The van der Waals surface area contributed by atoms with Crippen molar-refractivity contribution in [3.8, 4) is 0 Å². The summed E-state index contributed by atoms with van der Waals surface area (Å²) in [4.78, 5) is 25.3. The zero-order chi connectivity index (χ0) is 19.2. The molecule has 1 amide bonds. The van der Waals surface area contributed by atoms with Crippen LogP contribution in [0.5, 0.6) is 0 Å². The fourth-order valence-electron chi connectivity index (χ4n) is 3.07. The number of carbonyl (C=O) groups excluding carboxylic acids is 1. The number of aromatic carboxylic acids is 1. The molecule has 1 aliphatic heterocycles. The fourth-order valence-corrected chi connectivity index (χ4v) is 3.07. The highest BCUT2D eigenvalue weighted by Gasteiger charge is 2.46. The molecular weight excluding hydrogens is 355 g/mol. The Bertz CT molecular complexity index is 857. The maximum Gasteiger partial charge on any atom is 0.410 e. The number of nitrogens with zero attached hydrogens (tertiary/aromatic N) is 5. The highest BCUT2D eigenvalue weighted by molar-refractivity contribution is 5.96. The van der Waals surface area contributed by atoms with Gasteiger partial charge >= 0.3 is 12.1 Å². The SMILES string of the molecule is Cc1cc2n(n1)C(C(F)(F)F)CCN2C(=O)C(C)n1nccc1C(=O)O. The van der Waals surface area contributed by atoms with Crippen molar-refractivity contribution in [3.05, 3.63) is 29.7 Å². The van der Waals surface area contributed by atoms with Crippen LogP contribution in [0, 0.1) is 6.92 Å². The minimum atomic E-state index is -4.48. The van der Waals surface area contributed by atoms with Gasteiger partial charge in [0.25, 0.3) is 5.91 Å². The van der Waals surface area contributed by atoms with Crippen molar-refractivity contribution >= 4 is 17.7 Å². The molecule has 3 rings (SSSR count). The summed E-state index contributed by atoms with van der Waals surface area (Å²) in [7, 11) is 0. The molecule has 0 fully saturated rings. The Morgan fingerprint density at radius 3 is 2.69 bits per heavy atom. The molecule has 8 nitrogen and oxygen atoms in total. The minimum absolute atomic E-state index is 0.0388. The molecule has 0 radical (unpaired) electrons. The first-order valence-electron chi connectivity index (χ1n) is 7.82. The zero-order valence-corrected chi connectivity index (χ0v) is 13.9. The van der Waals surface area contributed by atoms with Gasteiger partial charge in [-0.25, -0.2) is 14.2 Å². The summed E-state index contributed by atoms with van der Waals surface area (Å²) in [5.74, 6) is -1.77. The molecule has 140 valence electrons. The molecule has 0 saturated heterocycles.